The molecule has 154 valence electrons. The molecular formula is C21H17ClN2O6. The lowest BCUT2D eigenvalue weighted by Crippen LogP contribution is -2.43. The van der Waals surface area contributed by atoms with Crippen molar-refractivity contribution in [2.24, 2.45) is 0 Å². The lowest BCUT2D eigenvalue weighted by molar-refractivity contribution is -0.125. The van der Waals surface area contributed by atoms with Crippen molar-refractivity contribution >= 4 is 29.4 Å². The second-order valence-corrected chi connectivity index (χ2v) is 6.39. The summed E-state index contributed by atoms with van der Waals surface area (Å²) >= 11 is 5.75. The van der Waals surface area contributed by atoms with E-state index >= 15 is 0 Å². The Kier molecular flexibility index (Phi) is 7.07. The van der Waals surface area contributed by atoms with Gasteiger partial charge in [-0.2, -0.15) is 0 Å². The number of carbonyl (C=O) groups excluding carboxylic acids is 3. The van der Waals surface area contributed by atoms with Gasteiger partial charge in [-0.3, -0.25) is 20.4 Å². The normalized spacial score (nSPS) is 10.2. The molecule has 0 saturated carbocycles. The van der Waals surface area contributed by atoms with Crippen molar-refractivity contribution in [2.45, 2.75) is 6.61 Å². The molecule has 2 amide bonds. The maximum atomic E-state index is 12.0. The third-order valence-electron chi connectivity index (χ3n) is 3.74. The van der Waals surface area contributed by atoms with Crippen LogP contribution >= 0.6 is 11.6 Å². The van der Waals surface area contributed by atoms with Crippen LogP contribution in [0.15, 0.2) is 71.1 Å². The number of carbonyl (C=O) groups is 3. The second-order valence-electron chi connectivity index (χ2n) is 5.95. The van der Waals surface area contributed by atoms with Crippen molar-refractivity contribution in [1.82, 2.24) is 10.9 Å². The van der Waals surface area contributed by atoms with Crippen molar-refractivity contribution < 1.29 is 28.3 Å². The number of halogens is 1. The highest BCUT2D eigenvalue weighted by molar-refractivity contribution is 6.30. The Morgan fingerprint density at radius 1 is 0.900 bits per heavy atom. The summed E-state index contributed by atoms with van der Waals surface area (Å²) in [6, 6.07) is 18.2. The van der Waals surface area contributed by atoms with E-state index in [2.05, 4.69) is 10.9 Å². The summed E-state index contributed by atoms with van der Waals surface area (Å²) in [5.41, 5.74) is 4.66. The van der Waals surface area contributed by atoms with E-state index < -0.39 is 24.4 Å². The van der Waals surface area contributed by atoms with Crippen LogP contribution in [0.4, 0.5) is 0 Å². The van der Waals surface area contributed by atoms with Gasteiger partial charge in [0.2, 0.25) is 5.76 Å². The van der Waals surface area contributed by atoms with Crippen LogP contribution in [0.1, 0.15) is 26.7 Å². The van der Waals surface area contributed by atoms with E-state index in [1.54, 1.807) is 30.3 Å². The summed E-state index contributed by atoms with van der Waals surface area (Å²) in [4.78, 5) is 35.6. The molecule has 1 heterocycles. The average Bonchev–Trinajstić information content (AvgIpc) is 3.25. The van der Waals surface area contributed by atoms with E-state index in [1.165, 1.54) is 18.2 Å². The van der Waals surface area contributed by atoms with E-state index in [0.717, 1.165) is 0 Å². The number of nitrogens with one attached hydrogen (secondary N) is 2. The zero-order valence-electron chi connectivity index (χ0n) is 15.6. The van der Waals surface area contributed by atoms with Crippen molar-refractivity contribution in [3.8, 4) is 5.75 Å². The van der Waals surface area contributed by atoms with E-state index in [4.69, 9.17) is 25.5 Å². The number of hydrogen-bond acceptors (Lipinski definition) is 6. The SMILES string of the molecule is O=C(COC(=O)c1ccc(COc2ccccc2)o1)NNC(=O)c1ccc(Cl)cc1. The zero-order chi connectivity index (χ0) is 21.3. The van der Waals surface area contributed by atoms with Gasteiger partial charge >= 0.3 is 5.97 Å². The van der Waals surface area contributed by atoms with Gasteiger partial charge in [0, 0.05) is 10.6 Å². The first kappa shape index (κ1) is 20.9. The first-order chi connectivity index (χ1) is 14.5. The van der Waals surface area contributed by atoms with E-state index in [0.29, 0.717) is 22.1 Å². The fourth-order valence-electron chi connectivity index (χ4n) is 2.27. The molecule has 0 saturated heterocycles. The predicted molar refractivity (Wildman–Crippen MR) is 107 cm³/mol. The number of ether oxygens (including phenoxy) is 2. The van der Waals surface area contributed by atoms with Crippen LogP contribution in [0.2, 0.25) is 5.02 Å². The van der Waals surface area contributed by atoms with Crippen LogP contribution in [0, 0.1) is 0 Å². The summed E-state index contributed by atoms with van der Waals surface area (Å²) in [7, 11) is 0. The Hall–Kier alpha value is -3.78. The Bertz CT molecular complexity index is 1020. The molecular weight excluding hydrogens is 412 g/mol. The molecule has 9 heteroatoms. The number of esters is 1. The lowest BCUT2D eigenvalue weighted by atomic mass is 10.2. The molecule has 3 aromatic rings. The Balaban J connectivity index is 1.40. The Labute approximate surface area is 176 Å². The number of benzene rings is 2. The van der Waals surface area contributed by atoms with Gasteiger partial charge in [0.05, 0.1) is 0 Å². The van der Waals surface area contributed by atoms with Crippen LogP contribution < -0.4 is 15.6 Å². The summed E-state index contributed by atoms with van der Waals surface area (Å²) in [6.45, 7) is -0.467. The van der Waals surface area contributed by atoms with Crippen molar-refractivity contribution in [3.05, 3.63) is 88.8 Å². The highest BCUT2D eigenvalue weighted by atomic mass is 35.5. The van der Waals surface area contributed by atoms with E-state index in [1.807, 2.05) is 18.2 Å². The third kappa shape index (κ3) is 6.11. The number of para-hydroxylation sites is 1. The average molecular weight is 429 g/mol. The molecule has 0 bridgehead atoms. The van der Waals surface area contributed by atoms with Gasteiger partial charge in [0.25, 0.3) is 11.8 Å². The highest BCUT2D eigenvalue weighted by Gasteiger charge is 2.15. The van der Waals surface area contributed by atoms with Crippen LogP contribution in [-0.2, 0) is 16.1 Å². The van der Waals surface area contributed by atoms with Crippen molar-refractivity contribution in [3.63, 3.8) is 0 Å². The van der Waals surface area contributed by atoms with Gasteiger partial charge in [-0.25, -0.2) is 4.79 Å². The van der Waals surface area contributed by atoms with Gasteiger partial charge in [0.15, 0.2) is 6.61 Å². The number of hydrazine groups is 1. The van der Waals surface area contributed by atoms with Gasteiger partial charge in [0.1, 0.15) is 18.1 Å². The number of hydrogen-bond donors (Lipinski definition) is 2. The molecule has 0 unspecified atom stereocenters. The molecule has 0 aliphatic heterocycles. The smallest absolute Gasteiger partial charge is 0.374 e. The Morgan fingerprint density at radius 2 is 1.63 bits per heavy atom. The monoisotopic (exact) mass is 428 g/mol. The van der Waals surface area contributed by atoms with Crippen molar-refractivity contribution in [2.75, 3.05) is 6.61 Å². The standard InChI is InChI=1S/C21H17ClN2O6/c22-15-8-6-14(7-9-15)20(26)24-23-19(25)13-29-21(27)18-11-10-17(30-18)12-28-16-4-2-1-3-5-16/h1-11H,12-13H2,(H,23,25)(H,24,26). The summed E-state index contributed by atoms with van der Waals surface area (Å²) < 4.78 is 15.7. The molecule has 30 heavy (non-hydrogen) atoms. The molecule has 0 atom stereocenters. The molecule has 2 aromatic carbocycles. The van der Waals surface area contributed by atoms with Crippen molar-refractivity contribution in [1.29, 1.82) is 0 Å². The van der Waals surface area contributed by atoms with Gasteiger partial charge in [-0.05, 0) is 48.5 Å². The van der Waals surface area contributed by atoms with Gasteiger partial charge < -0.3 is 13.9 Å². The summed E-state index contributed by atoms with van der Waals surface area (Å²) in [5, 5.41) is 0.482. The molecule has 1 aromatic heterocycles. The zero-order valence-corrected chi connectivity index (χ0v) is 16.3. The second kappa shape index (κ2) is 10.1. The first-order valence-corrected chi connectivity index (χ1v) is 9.17. The van der Waals surface area contributed by atoms with Crippen LogP contribution in [0.25, 0.3) is 0 Å². The maximum Gasteiger partial charge on any atom is 0.374 e. The van der Waals surface area contributed by atoms with Crippen LogP contribution in [0.3, 0.4) is 0 Å². The highest BCUT2D eigenvalue weighted by Crippen LogP contribution is 2.14. The molecule has 0 aliphatic carbocycles. The third-order valence-corrected chi connectivity index (χ3v) is 4.00. The van der Waals surface area contributed by atoms with Crippen LogP contribution in [-0.4, -0.2) is 24.4 Å². The van der Waals surface area contributed by atoms with Gasteiger partial charge in [-0.15, -0.1) is 0 Å². The molecule has 0 fully saturated rings. The molecule has 8 nitrogen and oxygen atoms in total. The Morgan fingerprint density at radius 3 is 2.37 bits per heavy atom. The number of furan rings is 1. The minimum Gasteiger partial charge on any atom is -0.486 e. The fraction of sp³-hybridized carbons (Fsp3) is 0.0952. The molecule has 0 spiro atoms. The fourth-order valence-corrected chi connectivity index (χ4v) is 2.40. The number of rotatable bonds is 7. The minimum atomic E-state index is -0.819. The van der Waals surface area contributed by atoms with Gasteiger partial charge in [-0.1, -0.05) is 29.8 Å². The topological polar surface area (TPSA) is 107 Å². The van der Waals surface area contributed by atoms with Crippen LogP contribution in [0.5, 0.6) is 5.75 Å². The number of amides is 2. The van der Waals surface area contributed by atoms with E-state index in [9.17, 15) is 14.4 Å². The molecule has 0 aliphatic rings. The molecule has 2 N–H and O–H groups in total. The summed E-state index contributed by atoms with van der Waals surface area (Å²) in [6.07, 6.45) is 0. The predicted octanol–water partition coefficient (Wildman–Crippen LogP) is 3.13. The quantitative estimate of drug-likeness (QED) is 0.442. The molecule has 0 radical (unpaired) electrons. The first-order valence-electron chi connectivity index (χ1n) is 8.80. The minimum absolute atomic E-state index is 0.0698. The largest absolute Gasteiger partial charge is 0.486 e. The lowest BCUT2D eigenvalue weighted by Gasteiger charge is -2.07. The van der Waals surface area contributed by atoms with E-state index in [-0.39, 0.29) is 12.4 Å². The maximum absolute atomic E-state index is 12.0. The summed E-state index contributed by atoms with van der Waals surface area (Å²) in [5.74, 6) is -1.06. The molecule has 3 rings (SSSR count).